The number of hydrogen-bond donors (Lipinski definition) is 1. The first-order valence-corrected chi connectivity index (χ1v) is 10.6. The Hall–Kier alpha value is -4.00. The maximum absolute atomic E-state index is 12.6. The molecule has 4 rings (SSSR count). The minimum atomic E-state index is -0.208. The van der Waals surface area contributed by atoms with Gasteiger partial charge in [-0.25, -0.2) is 4.98 Å². The zero-order chi connectivity index (χ0) is 22.5. The normalized spacial score (nSPS) is 10.7. The molecule has 0 spiro atoms. The molecule has 0 saturated carbocycles. The van der Waals surface area contributed by atoms with E-state index < -0.39 is 0 Å². The molecule has 1 N–H and O–H groups in total. The van der Waals surface area contributed by atoms with Crippen LogP contribution in [0.5, 0.6) is 0 Å². The second kappa shape index (κ2) is 9.43. The first-order chi connectivity index (χ1) is 15.6. The molecule has 7 nitrogen and oxygen atoms in total. The topological polar surface area (TPSA) is 84.2 Å². The van der Waals surface area contributed by atoms with Gasteiger partial charge in [-0.3, -0.25) is 4.79 Å². The Labute approximate surface area is 187 Å². The van der Waals surface area contributed by atoms with Crippen LogP contribution in [0.2, 0.25) is 0 Å². The number of aryl methyl sites for hydroxylation is 1. The van der Waals surface area contributed by atoms with Gasteiger partial charge in [-0.2, -0.15) is 0 Å². The molecule has 0 fully saturated rings. The van der Waals surface area contributed by atoms with Crippen molar-refractivity contribution in [1.29, 1.82) is 0 Å². The summed E-state index contributed by atoms with van der Waals surface area (Å²) in [7, 11) is 0. The summed E-state index contributed by atoms with van der Waals surface area (Å²) in [5, 5.41) is 11.2. The summed E-state index contributed by atoms with van der Waals surface area (Å²) in [6.45, 7) is 7.95. The van der Waals surface area contributed by atoms with Gasteiger partial charge in [0.25, 0.3) is 5.91 Å². The number of pyridine rings is 1. The van der Waals surface area contributed by atoms with Gasteiger partial charge in [0.05, 0.1) is 11.9 Å². The Morgan fingerprint density at radius 1 is 0.938 bits per heavy atom. The maximum atomic E-state index is 12.6. The van der Waals surface area contributed by atoms with E-state index in [9.17, 15) is 4.79 Å². The molecular weight excluding hydrogens is 402 g/mol. The van der Waals surface area contributed by atoms with Crippen molar-refractivity contribution in [2.24, 2.45) is 0 Å². The summed E-state index contributed by atoms with van der Waals surface area (Å²) < 4.78 is 5.82. The average Bonchev–Trinajstić information content (AvgIpc) is 3.31. The number of carbonyl (C=O) groups is 1. The van der Waals surface area contributed by atoms with Crippen LogP contribution >= 0.6 is 0 Å². The van der Waals surface area contributed by atoms with Crippen LogP contribution in [0.15, 0.2) is 71.3 Å². The lowest BCUT2D eigenvalue weighted by Gasteiger charge is -2.19. The summed E-state index contributed by atoms with van der Waals surface area (Å²) in [5.41, 5.74) is 3.92. The van der Waals surface area contributed by atoms with E-state index in [4.69, 9.17) is 4.42 Å². The van der Waals surface area contributed by atoms with E-state index in [1.54, 1.807) is 30.5 Å². The molecule has 0 atom stereocenters. The molecule has 7 heteroatoms. The van der Waals surface area contributed by atoms with Crippen LogP contribution in [-0.4, -0.2) is 34.2 Å². The second-order valence-corrected chi connectivity index (χ2v) is 7.39. The molecule has 1 amide bonds. The first-order valence-electron chi connectivity index (χ1n) is 10.6. The van der Waals surface area contributed by atoms with E-state index in [2.05, 4.69) is 39.2 Å². The highest BCUT2D eigenvalue weighted by Gasteiger charge is 2.12. The lowest BCUT2D eigenvalue weighted by atomic mass is 10.1. The van der Waals surface area contributed by atoms with Crippen molar-refractivity contribution in [2.75, 3.05) is 23.3 Å². The Morgan fingerprint density at radius 3 is 2.28 bits per heavy atom. The smallest absolute Gasteiger partial charge is 0.255 e. The highest BCUT2D eigenvalue weighted by molar-refractivity contribution is 6.04. The number of nitrogens with one attached hydrogen (secondary N) is 1. The van der Waals surface area contributed by atoms with Crippen molar-refractivity contribution in [3.63, 3.8) is 0 Å². The maximum Gasteiger partial charge on any atom is 0.255 e. The zero-order valence-electron chi connectivity index (χ0n) is 18.4. The Morgan fingerprint density at radius 2 is 1.66 bits per heavy atom. The quantitative estimate of drug-likeness (QED) is 0.436. The summed E-state index contributed by atoms with van der Waals surface area (Å²) in [6.07, 6.45) is 1.67. The molecule has 0 radical (unpaired) electrons. The molecule has 0 aliphatic rings. The van der Waals surface area contributed by atoms with Crippen LogP contribution in [0.3, 0.4) is 0 Å². The van der Waals surface area contributed by atoms with Crippen LogP contribution in [-0.2, 0) is 0 Å². The third-order valence-corrected chi connectivity index (χ3v) is 5.18. The predicted molar refractivity (Wildman–Crippen MR) is 126 cm³/mol. The molecular formula is C25H25N5O2. The number of hydrogen-bond acceptors (Lipinski definition) is 6. The van der Waals surface area contributed by atoms with Crippen molar-refractivity contribution in [3.05, 3.63) is 78.0 Å². The van der Waals surface area contributed by atoms with Gasteiger partial charge in [-0.1, -0.05) is 17.7 Å². The average molecular weight is 428 g/mol. The van der Waals surface area contributed by atoms with E-state index in [-0.39, 0.29) is 5.91 Å². The molecule has 2 aromatic carbocycles. The van der Waals surface area contributed by atoms with Crippen LogP contribution in [0.25, 0.3) is 22.9 Å². The molecule has 32 heavy (non-hydrogen) atoms. The highest BCUT2D eigenvalue weighted by Crippen LogP contribution is 2.25. The zero-order valence-corrected chi connectivity index (χ0v) is 18.4. The Balaban J connectivity index is 1.44. The molecule has 0 unspecified atom stereocenters. The number of aromatic nitrogens is 3. The Kier molecular flexibility index (Phi) is 6.26. The van der Waals surface area contributed by atoms with Crippen LogP contribution in [0.1, 0.15) is 29.8 Å². The van der Waals surface area contributed by atoms with E-state index >= 15 is 0 Å². The van der Waals surface area contributed by atoms with Crippen molar-refractivity contribution >= 4 is 17.4 Å². The van der Waals surface area contributed by atoms with Crippen LogP contribution in [0.4, 0.5) is 11.5 Å². The summed E-state index contributed by atoms with van der Waals surface area (Å²) in [4.78, 5) is 19.2. The van der Waals surface area contributed by atoms with E-state index in [1.807, 2.05) is 43.3 Å². The van der Waals surface area contributed by atoms with Gasteiger partial charge in [-0.05, 0) is 69.3 Å². The number of rotatable bonds is 7. The van der Waals surface area contributed by atoms with E-state index in [0.29, 0.717) is 23.0 Å². The van der Waals surface area contributed by atoms with Gasteiger partial charge in [0.1, 0.15) is 5.82 Å². The highest BCUT2D eigenvalue weighted by atomic mass is 16.4. The van der Waals surface area contributed by atoms with Crippen molar-refractivity contribution in [1.82, 2.24) is 15.2 Å². The lowest BCUT2D eigenvalue weighted by molar-refractivity contribution is 0.102. The molecule has 0 aliphatic heterocycles. The SMILES string of the molecule is CCN(CC)c1ccc(NC(=O)c2ccc(-c3nnc(-c4cccc(C)c4)o3)cc2)cn1. The lowest BCUT2D eigenvalue weighted by Crippen LogP contribution is -2.22. The van der Waals surface area contributed by atoms with Crippen LogP contribution in [0, 0.1) is 6.92 Å². The first kappa shape index (κ1) is 21.2. The number of nitrogens with zero attached hydrogens (tertiary/aromatic N) is 4. The minimum absolute atomic E-state index is 0.208. The van der Waals surface area contributed by atoms with E-state index in [0.717, 1.165) is 35.6 Å². The largest absolute Gasteiger partial charge is 0.416 e. The monoisotopic (exact) mass is 427 g/mol. The van der Waals surface area contributed by atoms with Gasteiger partial charge < -0.3 is 14.6 Å². The van der Waals surface area contributed by atoms with E-state index in [1.165, 1.54) is 0 Å². The molecule has 162 valence electrons. The Bertz CT molecular complexity index is 1200. The van der Waals surface area contributed by atoms with Crippen LogP contribution < -0.4 is 10.2 Å². The van der Waals surface area contributed by atoms with Gasteiger partial charge in [0, 0.05) is 29.8 Å². The fourth-order valence-electron chi connectivity index (χ4n) is 3.40. The molecule has 0 bridgehead atoms. The second-order valence-electron chi connectivity index (χ2n) is 7.39. The van der Waals surface area contributed by atoms with Gasteiger partial charge >= 0.3 is 0 Å². The fourth-order valence-corrected chi connectivity index (χ4v) is 3.40. The molecule has 0 saturated heterocycles. The summed E-state index contributed by atoms with van der Waals surface area (Å²) in [5.74, 6) is 1.55. The molecule has 2 aromatic heterocycles. The molecule has 2 heterocycles. The summed E-state index contributed by atoms with van der Waals surface area (Å²) in [6, 6.07) is 18.7. The minimum Gasteiger partial charge on any atom is -0.416 e. The van der Waals surface area contributed by atoms with Gasteiger partial charge in [0.15, 0.2) is 0 Å². The van der Waals surface area contributed by atoms with Crippen molar-refractivity contribution in [3.8, 4) is 22.9 Å². The fraction of sp³-hybridized carbons (Fsp3) is 0.200. The number of amides is 1. The van der Waals surface area contributed by atoms with Gasteiger partial charge in [-0.15, -0.1) is 10.2 Å². The van der Waals surface area contributed by atoms with Crippen molar-refractivity contribution < 1.29 is 9.21 Å². The third kappa shape index (κ3) is 4.67. The molecule has 0 aliphatic carbocycles. The number of anilines is 2. The standard InChI is InChI=1S/C25H25N5O2/c1-4-30(5-2)22-14-13-21(16-26-22)27-23(31)18-9-11-19(12-10-18)24-28-29-25(32-24)20-8-6-7-17(3)15-20/h6-16H,4-5H2,1-3H3,(H,27,31). The summed E-state index contributed by atoms with van der Waals surface area (Å²) >= 11 is 0. The van der Waals surface area contributed by atoms with Crippen molar-refractivity contribution in [2.45, 2.75) is 20.8 Å². The molecule has 4 aromatic rings. The third-order valence-electron chi connectivity index (χ3n) is 5.18. The number of benzene rings is 2. The van der Waals surface area contributed by atoms with Gasteiger partial charge in [0.2, 0.25) is 11.8 Å². The number of carbonyl (C=O) groups excluding carboxylic acids is 1. The predicted octanol–water partition coefficient (Wildman–Crippen LogP) is 5.21.